The third-order valence-corrected chi connectivity index (χ3v) is 6.95. The third-order valence-electron chi connectivity index (χ3n) is 6.31. The van der Waals surface area contributed by atoms with E-state index in [1.54, 1.807) is 41.3 Å². The number of amides is 1. The summed E-state index contributed by atoms with van der Waals surface area (Å²) in [5, 5.41) is 1.22. The van der Waals surface area contributed by atoms with Gasteiger partial charge in [0, 0.05) is 15.7 Å². The van der Waals surface area contributed by atoms with E-state index in [0.29, 0.717) is 57.0 Å². The first-order valence-electron chi connectivity index (χ1n) is 12.1. The molecule has 1 aromatic heterocycles. The highest BCUT2D eigenvalue weighted by atomic mass is 35.5. The van der Waals surface area contributed by atoms with Crippen LogP contribution in [0.1, 0.15) is 53.6 Å². The molecule has 0 N–H and O–H groups in total. The fourth-order valence-corrected chi connectivity index (χ4v) is 4.90. The van der Waals surface area contributed by atoms with Crippen molar-refractivity contribution in [1.82, 2.24) is 0 Å². The Bertz CT molecular complexity index is 1580. The van der Waals surface area contributed by atoms with Crippen molar-refractivity contribution in [2.75, 3.05) is 18.1 Å². The number of carbonyl (C=O) groups excluding carboxylic acids is 1. The Hall–Kier alpha value is -3.48. The van der Waals surface area contributed by atoms with Crippen LogP contribution in [0, 0.1) is 6.92 Å². The fraction of sp³-hybridized carbons (Fsp3) is 0.241. The van der Waals surface area contributed by atoms with Crippen molar-refractivity contribution in [3.8, 4) is 11.5 Å². The van der Waals surface area contributed by atoms with E-state index in [-0.39, 0.29) is 16.8 Å². The molecule has 6 nitrogen and oxygen atoms in total. The van der Waals surface area contributed by atoms with Gasteiger partial charge in [0.2, 0.25) is 5.76 Å². The quantitative estimate of drug-likeness (QED) is 0.246. The van der Waals surface area contributed by atoms with Crippen molar-refractivity contribution >= 4 is 45.8 Å². The van der Waals surface area contributed by atoms with Gasteiger partial charge in [-0.05, 0) is 73.9 Å². The predicted octanol–water partition coefficient (Wildman–Crippen LogP) is 7.35. The first-order valence-corrected chi connectivity index (χ1v) is 12.8. The summed E-state index contributed by atoms with van der Waals surface area (Å²) in [4.78, 5) is 29.2. The lowest BCUT2D eigenvalue weighted by Crippen LogP contribution is -2.29. The molecule has 0 bridgehead atoms. The van der Waals surface area contributed by atoms with E-state index in [1.165, 1.54) is 0 Å². The predicted molar refractivity (Wildman–Crippen MR) is 146 cm³/mol. The zero-order valence-corrected chi connectivity index (χ0v) is 22.2. The summed E-state index contributed by atoms with van der Waals surface area (Å²) in [5.41, 5.74) is 2.30. The zero-order valence-electron chi connectivity index (χ0n) is 20.6. The van der Waals surface area contributed by atoms with Gasteiger partial charge in [-0.25, -0.2) is 0 Å². The number of benzene rings is 3. The van der Waals surface area contributed by atoms with Crippen molar-refractivity contribution < 1.29 is 18.7 Å². The van der Waals surface area contributed by atoms with Crippen molar-refractivity contribution in [2.24, 2.45) is 0 Å². The summed E-state index contributed by atoms with van der Waals surface area (Å²) in [6, 6.07) is 14.8. The molecule has 5 rings (SSSR count). The van der Waals surface area contributed by atoms with Gasteiger partial charge in [0.1, 0.15) is 5.58 Å². The van der Waals surface area contributed by atoms with Gasteiger partial charge in [-0.3, -0.25) is 14.5 Å². The Morgan fingerprint density at radius 2 is 1.76 bits per heavy atom. The lowest BCUT2D eigenvalue weighted by Gasteiger charge is -2.26. The largest absolute Gasteiger partial charge is 0.490 e. The topological polar surface area (TPSA) is 69.0 Å². The van der Waals surface area contributed by atoms with Gasteiger partial charge in [0.05, 0.1) is 30.2 Å². The average molecular weight is 538 g/mol. The van der Waals surface area contributed by atoms with Crippen molar-refractivity contribution in [3.05, 3.63) is 97.3 Å². The Morgan fingerprint density at radius 1 is 0.946 bits per heavy atom. The highest BCUT2D eigenvalue weighted by Gasteiger charge is 2.44. The van der Waals surface area contributed by atoms with Crippen molar-refractivity contribution in [3.63, 3.8) is 0 Å². The van der Waals surface area contributed by atoms with Gasteiger partial charge < -0.3 is 13.9 Å². The fourth-order valence-electron chi connectivity index (χ4n) is 4.55. The maximum absolute atomic E-state index is 13.8. The smallest absolute Gasteiger partial charge is 0.295 e. The Balaban J connectivity index is 1.76. The molecule has 2 heterocycles. The van der Waals surface area contributed by atoms with E-state index < -0.39 is 11.9 Å². The lowest BCUT2D eigenvalue weighted by molar-refractivity contribution is 0.0971. The van der Waals surface area contributed by atoms with E-state index in [1.807, 2.05) is 39.0 Å². The van der Waals surface area contributed by atoms with Crippen LogP contribution in [0.2, 0.25) is 10.0 Å². The van der Waals surface area contributed by atoms with E-state index >= 15 is 0 Å². The van der Waals surface area contributed by atoms with Crippen LogP contribution < -0.4 is 19.8 Å². The first kappa shape index (κ1) is 25.2. The van der Waals surface area contributed by atoms with Gasteiger partial charge in [0.25, 0.3) is 5.91 Å². The second-order valence-electron chi connectivity index (χ2n) is 8.81. The molecule has 8 heteroatoms. The molecule has 0 fully saturated rings. The molecule has 4 aromatic rings. The zero-order chi connectivity index (χ0) is 26.3. The van der Waals surface area contributed by atoms with Crippen LogP contribution in [0.15, 0.2) is 63.8 Å². The monoisotopic (exact) mass is 537 g/mol. The van der Waals surface area contributed by atoms with Crippen LogP contribution in [0.3, 0.4) is 0 Å². The van der Waals surface area contributed by atoms with Crippen LogP contribution in [0.5, 0.6) is 11.5 Å². The molecular formula is C29H25Cl2NO5. The maximum atomic E-state index is 13.8. The van der Waals surface area contributed by atoms with Gasteiger partial charge in [-0.15, -0.1) is 0 Å². The van der Waals surface area contributed by atoms with Crippen LogP contribution in [-0.4, -0.2) is 19.1 Å². The van der Waals surface area contributed by atoms with E-state index in [4.69, 9.17) is 37.1 Å². The molecule has 1 aliphatic rings. The summed E-state index contributed by atoms with van der Waals surface area (Å²) >= 11 is 12.6. The molecule has 0 spiro atoms. The molecule has 37 heavy (non-hydrogen) atoms. The highest BCUT2D eigenvalue weighted by Crippen LogP contribution is 2.44. The van der Waals surface area contributed by atoms with Crippen molar-refractivity contribution in [1.29, 1.82) is 0 Å². The van der Waals surface area contributed by atoms with Crippen LogP contribution in [-0.2, 0) is 0 Å². The number of hydrogen-bond acceptors (Lipinski definition) is 5. The number of aryl methyl sites for hydroxylation is 1. The van der Waals surface area contributed by atoms with E-state index in [9.17, 15) is 9.59 Å². The number of ether oxygens (including phenoxy) is 2. The molecule has 1 amide bonds. The Labute approximate surface area is 224 Å². The summed E-state index contributed by atoms with van der Waals surface area (Å²) < 4.78 is 17.8. The van der Waals surface area contributed by atoms with Gasteiger partial charge in [-0.1, -0.05) is 42.3 Å². The van der Waals surface area contributed by atoms with E-state index in [0.717, 1.165) is 12.0 Å². The standard InChI is InChI=1S/C29H25Cl2NO5/c1-4-12-36-23-10-7-17(13-24(23)35-5-2)26-25-27(33)20-14-18(30)8-11-22(20)37-28(25)29(34)32(26)19-9-6-16(3)21(31)15-19/h6-11,13-15,26H,4-5,12H2,1-3H3. The summed E-state index contributed by atoms with van der Waals surface area (Å²) in [6.45, 7) is 6.75. The Kier molecular flexibility index (Phi) is 6.88. The number of rotatable bonds is 7. The maximum Gasteiger partial charge on any atom is 0.295 e. The van der Waals surface area contributed by atoms with Crippen LogP contribution >= 0.6 is 23.2 Å². The average Bonchev–Trinajstić information content (AvgIpc) is 3.18. The minimum atomic E-state index is -0.777. The molecule has 0 saturated carbocycles. The SMILES string of the molecule is CCCOc1ccc(C2c3c(oc4ccc(Cl)cc4c3=O)C(=O)N2c2ccc(C)c(Cl)c2)cc1OCC. The number of fused-ring (bicyclic) bond motifs is 2. The van der Waals surface area contributed by atoms with Crippen LogP contribution in [0.25, 0.3) is 11.0 Å². The second kappa shape index (κ2) is 10.1. The molecule has 0 aliphatic carbocycles. The van der Waals surface area contributed by atoms with Gasteiger partial charge in [0.15, 0.2) is 16.9 Å². The molecule has 1 unspecified atom stereocenters. The molecule has 1 atom stereocenters. The first-order chi connectivity index (χ1) is 17.8. The minimum absolute atomic E-state index is 0.00853. The summed E-state index contributed by atoms with van der Waals surface area (Å²) in [6.07, 6.45) is 0.844. The summed E-state index contributed by atoms with van der Waals surface area (Å²) in [7, 11) is 0. The molecule has 190 valence electrons. The molecule has 0 radical (unpaired) electrons. The summed E-state index contributed by atoms with van der Waals surface area (Å²) in [5.74, 6) is 0.688. The molecule has 0 saturated heterocycles. The van der Waals surface area contributed by atoms with E-state index in [2.05, 4.69) is 0 Å². The normalized spacial score (nSPS) is 14.8. The van der Waals surface area contributed by atoms with Crippen molar-refractivity contribution in [2.45, 2.75) is 33.2 Å². The number of halogens is 2. The molecule has 3 aromatic carbocycles. The third kappa shape index (κ3) is 4.45. The lowest BCUT2D eigenvalue weighted by atomic mass is 9.97. The molecule has 1 aliphatic heterocycles. The Morgan fingerprint density at radius 3 is 2.49 bits per heavy atom. The minimum Gasteiger partial charge on any atom is -0.490 e. The highest BCUT2D eigenvalue weighted by molar-refractivity contribution is 6.32. The van der Waals surface area contributed by atoms with Gasteiger partial charge >= 0.3 is 0 Å². The number of anilines is 1. The second-order valence-corrected chi connectivity index (χ2v) is 9.66. The molecular weight excluding hydrogens is 513 g/mol. The van der Waals surface area contributed by atoms with Crippen LogP contribution in [0.4, 0.5) is 5.69 Å². The number of nitrogens with zero attached hydrogens (tertiary/aromatic N) is 1. The number of hydrogen-bond donors (Lipinski definition) is 0. The number of carbonyl (C=O) groups is 1. The van der Waals surface area contributed by atoms with Gasteiger partial charge in [-0.2, -0.15) is 0 Å².